The van der Waals surface area contributed by atoms with Gasteiger partial charge in [0.05, 0.1) is 5.56 Å². The quantitative estimate of drug-likeness (QED) is 0.779. The van der Waals surface area contributed by atoms with Crippen LogP contribution in [0.4, 0.5) is 8.78 Å². The molecule has 0 N–H and O–H groups in total. The lowest BCUT2D eigenvalue weighted by molar-refractivity contribution is 0.1000. The number of rotatable bonds is 2. The van der Waals surface area contributed by atoms with E-state index in [1.807, 2.05) is 0 Å². The second kappa shape index (κ2) is 4.65. The molecule has 0 amide bonds. The zero-order valence-corrected chi connectivity index (χ0v) is 11.3. The van der Waals surface area contributed by atoms with Gasteiger partial charge in [-0.05, 0) is 37.6 Å². The van der Waals surface area contributed by atoms with Gasteiger partial charge in [-0.3, -0.25) is 4.79 Å². The van der Waals surface area contributed by atoms with Crippen LogP contribution >= 0.6 is 15.9 Å². The van der Waals surface area contributed by atoms with Crippen molar-refractivity contribution < 1.29 is 18.0 Å². The molecule has 0 aliphatic heterocycles. The average molecular weight is 315 g/mol. The van der Waals surface area contributed by atoms with Crippen molar-refractivity contribution >= 4 is 21.7 Å². The van der Waals surface area contributed by atoms with Crippen LogP contribution in [-0.4, -0.2) is 5.78 Å². The third-order valence-corrected chi connectivity index (χ3v) is 3.08. The van der Waals surface area contributed by atoms with Crippen molar-refractivity contribution in [3.05, 3.63) is 57.0 Å². The average Bonchev–Trinajstić information content (AvgIpc) is 2.57. The lowest BCUT2D eigenvalue weighted by atomic mass is 10.1. The van der Waals surface area contributed by atoms with Crippen molar-refractivity contribution in [3.63, 3.8) is 0 Å². The molecule has 0 aliphatic carbocycles. The van der Waals surface area contributed by atoms with Gasteiger partial charge in [0.15, 0.2) is 5.76 Å². The molecule has 0 atom stereocenters. The van der Waals surface area contributed by atoms with E-state index >= 15 is 0 Å². The van der Waals surface area contributed by atoms with E-state index in [9.17, 15) is 13.6 Å². The molecule has 5 heteroatoms. The first-order valence-corrected chi connectivity index (χ1v) is 5.95. The fourth-order valence-electron chi connectivity index (χ4n) is 1.57. The molecule has 0 bridgehead atoms. The third kappa shape index (κ3) is 2.22. The first kappa shape index (κ1) is 13.0. The van der Waals surface area contributed by atoms with Crippen molar-refractivity contribution in [2.75, 3.05) is 0 Å². The molecule has 2 nitrogen and oxygen atoms in total. The third-order valence-electron chi connectivity index (χ3n) is 2.62. The SMILES string of the molecule is Cc1cc(C(=O)c2c(F)cc(Br)cc2F)oc1C. The van der Waals surface area contributed by atoms with Gasteiger partial charge < -0.3 is 4.42 Å². The van der Waals surface area contributed by atoms with Gasteiger partial charge in [0, 0.05) is 4.47 Å². The molecule has 0 saturated heterocycles. The molecule has 0 aliphatic rings. The van der Waals surface area contributed by atoms with Crippen molar-refractivity contribution in [1.29, 1.82) is 0 Å². The summed E-state index contributed by atoms with van der Waals surface area (Å²) in [4.78, 5) is 12.0. The topological polar surface area (TPSA) is 30.2 Å². The van der Waals surface area contributed by atoms with Crippen LogP contribution in [0.15, 0.2) is 27.1 Å². The maximum Gasteiger partial charge on any atom is 0.234 e. The largest absolute Gasteiger partial charge is 0.458 e. The van der Waals surface area contributed by atoms with Crippen LogP contribution in [0.1, 0.15) is 27.4 Å². The van der Waals surface area contributed by atoms with Crippen LogP contribution in [0.5, 0.6) is 0 Å². The van der Waals surface area contributed by atoms with Crippen LogP contribution in [0.2, 0.25) is 0 Å². The zero-order chi connectivity index (χ0) is 13.4. The van der Waals surface area contributed by atoms with Crippen LogP contribution in [0.3, 0.4) is 0 Å². The summed E-state index contributed by atoms with van der Waals surface area (Å²) in [5.41, 5.74) is 0.156. The van der Waals surface area contributed by atoms with Crippen molar-refractivity contribution in [1.82, 2.24) is 0 Å². The highest BCUT2D eigenvalue weighted by atomic mass is 79.9. The summed E-state index contributed by atoms with van der Waals surface area (Å²) in [6.45, 7) is 3.43. The number of carbonyl (C=O) groups excluding carboxylic acids is 1. The normalized spacial score (nSPS) is 10.7. The van der Waals surface area contributed by atoms with Crippen LogP contribution in [0, 0.1) is 25.5 Å². The summed E-state index contributed by atoms with van der Waals surface area (Å²) < 4.78 is 32.7. The molecule has 0 saturated carbocycles. The fourth-order valence-corrected chi connectivity index (χ4v) is 1.97. The lowest BCUT2D eigenvalue weighted by Crippen LogP contribution is -2.06. The summed E-state index contributed by atoms with van der Waals surface area (Å²) in [5, 5.41) is 0. The van der Waals surface area contributed by atoms with Crippen LogP contribution < -0.4 is 0 Å². The summed E-state index contributed by atoms with van der Waals surface area (Å²) >= 11 is 2.95. The van der Waals surface area contributed by atoms with E-state index in [-0.39, 0.29) is 10.2 Å². The molecule has 0 fully saturated rings. The van der Waals surface area contributed by atoms with Gasteiger partial charge in [-0.1, -0.05) is 15.9 Å². The van der Waals surface area contributed by atoms with Gasteiger partial charge >= 0.3 is 0 Å². The van der Waals surface area contributed by atoms with Gasteiger partial charge in [0.1, 0.15) is 17.4 Å². The zero-order valence-electron chi connectivity index (χ0n) is 9.68. The number of hydrogen-bond donors (Lipinski definition) is 0. The second-order valence-electron chi connectivity index (χ2n) is 3.92. The molecule has 2 aromatic rings. The molecule has 0 spiro atoms. The first-order chi connectivity index (χ1) is 8.40. The molecule has 1 aromatic carbocycles. The summed E-state index contributed by atoms with van der Waals surface area (Å²) in [5.74, 6) is -2.15. The highest BCUT2D eigenvalue weighted by molar-refractivity contribution is 9.10. The first-order valence-electron chi connectivity index (χ1n) is 5.16. The Balaban J connectivity index is 2.52. The Morgan fingerprint density at radius 2 is 1.72 bits per heavy atom. The van der Waals surface area contributed by atoms with E-state index in [4.69, 9.17) is 4.42 Å². The molecule has 0 unspecified atom stereocenters. The number of hydrogen-bond acceptors (Lipinski definition) is 2. The molecule has 1 heterocycles. The number of carbonyl (C=O) groups is 1. The molecule has 18 heavy (non-hydrogen) atoms. The smallest absolute Gasteiger partial charge is 0.234 e. The highest BCUT2D eigenvalue weighted by Crippen LogP contribution is 2.24. The minimum atomic E-state index is -0.918. The number of aryl methyl sites for hydroxylation is 2. The van der Waals surface area contributed by atoms with E-state index < -0.39 is 23.0 Å². The maximum absolute atomic E-state index is 13.6. The van der Waals surface area contributed by atoms with Gasteiger partial charge in [-0.25, -0.2) is 8.78 Å². The molecule has 1 aromatic heterocycles. The minimum absolute atomic E-state index is 0.0647. The Kier molecular flexibility index (Phi) is 3.34. The van der Waals surface area contributed by atoms with Gasteiger partial charge in [-0.15, -0.1) is 0 Å². The van der Waals surface area contributed by atoms with Gasteiger partial charge in [0.25, 0.3) is 0 Å². The Morgan fingerprint density at radius 1 is 1.17 bits per heavy atom. The number of furan rings is 1. The lowest BCUT2D eigenvalue weighted by Gasteiger charge is -2.02. The summed E-state index contributed by atoms with van der Waals surface area (Å²) in [6.07, 6.45) is 0. The predicted octanol–water partition coefficient (Wildman–Crippen LogP) is 4.17. The standard InChI is InChI=1S/C13H9BrF2O2/c1-6-3-11(18-7(6)2)13(17)12-9(15)4-8(14)5-10(12)16/h3-5H,1-2H3. The molecular weight excluding hydrogens is 306 g/mol. The van der Waals surface area contributed by atoms with E-state index in [0.29, 0.717) is 5.76 Å². The minimum Gasteiger partial charge on any atom is -0.458 e. The van der Waals surface area contributed by atoms with E-state index in [0.717, 1.165) is 17.7 Å². The van der Waals surface area contributed by atoms with E-state index in [1.165, 1.54) is 6.07 Å². The second-order valence-corrected chi connectivity index (χ2v) is 4.84. The maximum atomic E-state index is 13.6. The Labute approximate surface area is 111 Å². The molecule has 0 radical (unpaired) electrons. The summed E-state index contributed by atoms with van der Waals surface area (Å²) in [7, 11) is 0. The van der Waals surface area contributed by atoms with Crippen LogP contribution in [0.25, 0.3) is 0 Å². The number of ketones is 1. The van der Waals surface area contributed by atoms with Crippen molar-refractivity contribution in [2.45, 2.75) is 13.8 Å². The molecule has 2 rings (SSSR count). The molecular formula is C13H9BrF2O2. The monoisotopic (exact) mass is 314 g/mol. The Morgan fingerprint density at radius 3 is 2.17 bits per heavy atom. The highest BCUT2D eigenvalue weighted by Gasteiger charge is 2.23. The number of halogens is 3. The summed E-state index contributed by atoms with van der Waals surface area (Å²) in [6, 6.07) is 3.55. The Bertz CT molecular complexity index is 589. The van der Waals surface area contributed by atoms with E-state index in [2.05, 4.69) is 15.9 Å². The Hall–Kier alpha value is -1.49. The van der Waals surface area contributed by atoms with Crippen molar-refractivity contribution in [2.24, 2.45) is 0 Å². The predicted molar refractivity (Wildman–Crippen MR) is 65.7 cm³/mol. The van der Waals surface area contributed by atoms with Crippen LogP contribution in [-0.2, 0) is 0 Å². The van der Waals surface area contributed by atoms with E-state index in [1.54, 1.807) is 13.8 Å². The fraction of sp³-hybridized carbons (Fsp3) is 0.154. The van der Waals surface area contributed by atoms with Gasteiger partial charge in [0.2, 0.25) is 5.78 Å². The van der Waals surface area contributed by atoms with Crippen molar-refractivity contribution in [3.8, 4) is 0 Å². The van der Waals surface area contributed by atoms with Gasteiger partial charge in [-0.2, -0.15) is 0 Å². The number of benzene rings is 1. The molecule has 94 valence electrons.